The predicted octanol–water partition coefficient (Wildman–Crippen LogP) is 3.59. The van der Waals surface area contributed by atoms with Crippen molar-refractivity contribution in [3.05, 3.63) is 41.7 Å². The quantitative estimate of drug-likeness (QED) is 0.811. The summed E-state index contributed by atoms with van der Waals surface area (Å²) in [5.41, 5.74) is 0.750. The average Bonchev–Trinajstić information content (AvgIpc) is 3.07. The lowest BCUT2D eigenvalue weighted by atomic mass is 9.95. The van der Waals surface area contributed by atoms with Gasteiger partial charge in [0.05, 0.1) is 5.56 Å². The molecule has 6 nitrogen and oxygen atoms in total. The standard InChI is InChI=1S/C19H23N3O3S/c1-3-26-16-7-5-4-6-15(16)19(24)22-10-8-14(9-11-22)18(23)20-17-12-13(2)25-21-17/h4-7,12,14H,3,8-11H2,1-2H3,(H,20,21,23). The smallest absolute Gasteiger partial charge is 0.254 e. The van der Waals surface area contributed by atoms with Crippen LogP contribution in [0.5, 0.6) is 0 Å². The Hall–Kier alpha value is -2.28. The molecule has 3 rings (SSSR count). The Bertz CT molecular complexity index is 782. The van der Waals surface area contributed by atoms with Gasteiger partial charge in [-0.15, -0.1) is 11.8 Å². The Kier molecular flexibility index (Phi) is 5.98. The summed E-state index contributed by atoms with van der Waals surface area (Å²) in [6, 6.07) is 9.41. The fourth-order valence-corrected chi connectivity index (χ4v) is 3.89. The molecule has 2 amide bonds. The number of nitrogens with zero attached hydrogens (tertiary/aromatic N) is 2. The summed E-state index contributed by atoms with van der Waals surface area (Å²) >= 11 is 1.68. The average molecular weight is 373 g/mol. The molecule has 0 aliphatic carbocycles. The van der Waals surface area contributed by atoms with E-state index in [1.54, 1.807) is 24.8 Å². The number of rotatable bonds is 5. The molecule has 0 spiro atoms. The van der Waals surface area contributed by atoms with Crippen LogP contribution in [-0.4, -0.2) is 40.7 Å². The first-order chi connectivity index (χ1) is 12.6. The van der Waals surface area contributed by atoms with Gasteiger partial charge in [0.1, 0.15) is 5.76 Å². The van der Waals surface area contributed by atoms with Crippen LogP contribution in [0.3, 0.4) is 0 Å². The van der Waals surface area contributed by atoms with Crippen molar-refractivity contribution in [2.24, 2.45) is 5.92 Å². The maximum Gasteiger partial charge on any atom is 0.254 e. The Morgan fingerprint density at radius 2 is 2.04 bits per heavy atom. The van der Waals surface area contributed by atoms with Crippen LogP contribution in [0.15, 0.2) is 39.8 Å². The molecule has 1 aromatic heterocycles. The van der Waals surface area contributed by atoms with E-state index in [0.29, 0.717) is 37.5 Å². The first kappa shape index (κ1) is 18.5. The van der Waals surface area contributed by atoms with E-state index in [2.05, 4.69) is 17.4 Å². The second-order valence-electron chi connectivity index (χ2n) is 6.31. The SMILES string of the molecule is CCSc1ccccc1C(=O)N1CCC(C(=O)Nc2cc(C)on2)CC1. The van der Waals surface area contributed by atoms with Gasteiger partial charge in [-0.3, -0.25) is 9.59 Å². The van der Waals surface area contributed by atoms with Gasteiger partial charge >= 0.3 is 0 Å². The van der Waals surface area contributed by atoms with Crippen LogP contribution < -0.4 is 5.32 Å². The molecule has 0 radical (unpaired) electrons. The normalized spacial score (nSPS) is 15.1. The number of hydrogen-bond acceptors (Lipinski definition) is 5. The van der Waals surface area contributed by atoms with Crippen LogP contribution in [0.25, 0.3) is 0 Å². The molecule has 1 aliphatic heterocycles. The number of likely N-dealkylation sites (tertiary alicyclic amines) is 1. The molecule has 26 heavy (non-hydrogen) atoms. The molecule has 0 unspecified atom stereocenters. The third-order valence-electron chi connectivity index (χ3n) is 4.45. The molecule has 138 valence electrons. The van der Waals surface area contributed by atoms with Gasteiger partial charge in [-0.25, -0.2) is 0 Å². The molecule has 1 saturated heterocycles. The Morgan fingerprint density at radius 3 is 2.69 bits per heavy atom. The first-order valence-electron chi connectivity index (χ1n) is 8.83. The number of piperidine rings is 1. The number of nitrogens with one attached hydrogen (secondary N) is 1. The van der Waals surface area contributed by atoms with Gasteiger partial charge in [-0.2, -0.15) is 0 Å². The van der Waals surface area contributed by atoms with E-state index in [0.717, 1.165) is 16.2 Å². The van der Waals surface area contributed by atoms with Crippen LogP contribution in [0.1, 0.15) is 35.9 Å². The van der Waals surface area contributed by atoms with Crippen molar-refractivity contribution in [2.45, 2.75) is 31.6 Å². The maximum atomic E-state index is 12.9. The van der Waals surface area contributed by atoms with Crippen molar-refractivity contribution < 1.29 is 14.1 Å². The highest BCUT2D eigenvalue weighted by Gasteiger charge is 2.29. The van der Waals surface area contributed by atoms with Crippen molar-refractivity contribution in [2.75, 3.05) is 24.2 Å². The van der Waals surface area contributed by atoms with Crippen LogP contribution in [0.4, 0.5) is 5.82 Å². The third-order valence-corrected chi connectivity index (χ3v) is 5.41. The van der Waals surface area contributed by atoms with Gasteiger partial charge in [0.25, 0.3) is 5.91 Å². The Labute approximate surface area is 157 Å². The minimum Gasteiger partial charge on any atom is -0.360 e. The molecule has 7 heteroatoms. The highest BCUT2D eigenvalue weighted by atomic mass is 32.2. The minimum atomic E-state index is -0.115. The third kappa shape index (κ3) is 4.27. The number of hydrogen-bond donors (Lipinski definition) is 1. The van der Waals surface area contributed by atoms with Crippen LogP contribution >= 0.6 is 11.8 Å². The van der Waals surface area contributed by atoms with Gasteiger partial charge in [0.15, 0.2) is 5.82 Å². The number of anilines is 1. The summed E-state index contributed by atoms with van der Waals surface area (Å²) in [6.07, 6.45) is 1.30. The van der Waals surface area contributed by atoms with Gasteiger partial charge < -0.3 is 14.7 Å². The number of aryl methyl sites for hydroxylation is 1. The predicted molar refractivity (Wildman–Crippen MR) is 101 cm³/mol. The van der Waals surface area contributed by atoms with E-state index >= 15 is 0 Å². The lowest BCUT2D eigenvalue weighted by Gasteiger charge is -2.31. The van der Waals surface area contributed by atoms with Gasteiger partial charge in [-0.1, -0.05) is 24.2 Å². The summed E-state index contributed by atoms with van der Waals surface area (Å²) < 4.78 is 4.96. The zero-order valence-electron chi connectivity index (χ0n) is 15.0. The molecule has 1 fully saturated rings. The number of benzene rings is 1. The number of thioether (sulfide) groups is 1. The number of carbonyl (C=O) groups excluding carboxylic acids is 2. The minimum absolute atomic E-state index is 0.0486. The van der Waals surface area contributed by atoms with Crippen molar-refractivity contribution >= 4 is 29.4 Å². The Morgan fingerprint density at radius 1 is 1.31 bits per heavy atom. The summed E-state index contributed by atoms with van der Waals surface area (Å²) in [7, 11) is 0. The van der Waals surface area contributed by atoms with E-state index in [9.17, 15) is 9.59 Å². The van der Waals surface area contributed by atoms with Gasteiger partial charge in [-0.05, 0) is 37.7 Å². The van der Waals surface area contributed by atoms with Gasteiger partial charge in [0, 0.05) is 30.0 Å². The molecule has 2 aromatic rings. The summed E-state index contributed by atoms with van der Waals surface area (Å²) in [5.74, 6) is 1.89. The molecule has 1 aromatic carbocycles. The zero-order chi connectivity index (χ0) is 18.5. The largest absolute Gasteiger partial charge is 0.360 e. The van der Waals surface area contributed by atoms with Crippen molar-refractivity contribution in [3.8, 4) is 0 Å². The summed E-state index contributed by atoms with van der Waals surface area (Å²) in [6.45, 7) is 5.02. The highest BCUT2D eigenvalue weighted by Crippen LogP contribution is 2.26. The lowest BCUT2D eigenvalue weighted by Crippen LogP contribution is -2.41. The van der Waals surface area contributed by atoms with Crippen molar-refractivity contribution in [1.82, 2.24) is 10.1 Å². The topological polar surface area (TPSA) is 75.4 Å². The molecular weight excluding hydrogens is 350 g/mol. The molecular formula is C19H23N3O3S. The second-order valence-corrected chi connectivity index (χ2v) is 7.61. The van der Waals surface area contributed by atoms with Crippen LogP contribution in [-0.2, 0) is 4.79 Å². The van der Waals surface area contributed by atoms with E-state index in [1.165, 1.54) is 0 Å². The molecule has 0 atom stereocenters. The zero-order valence-corrected chi connectivity index (χ0v) is 15.8. The number of amides is 2. The van der Waals surface area contributed by atoms with Crippen molar-refractivity contribution in [1.29, 1.82) is 0 Å². The van der Waals surface area contributed by atoms with E-state index in [-0.39, 0.29) is 17.7 Å². The van der Waals surface area contributed by atoms with E-state index < -0.39 is 0 Å². The van der Waals surface area contributed by atoms with E-state index in [4.69, 9.17) is 4.52 Å². The van der Waals surface area contributed by atoms with Crippen molar-refractivity contribution in [3.63, 3.8) is 0 Å². The number of carbonyl (C=O) groups is 2. The maximum absolute atomic E-state index is 12.9. The Balaban J connectivity index is 1.58. The molecule has 1 aliphatic rings. The lowest BCUT2D eigenvalue weighted by molar-refractivity contribution is -0.121. The monoisotopic (exact) mass is 373 g/mol. The fraction of sp³-hybridized carbons (Fsp3) is 0.421. The molecule has 0 saturated carbocycles. The summed E-state index contributed by atoms with van der Waals surface area (Å²) in [5, 5.41) is 6.57. The fourth-order valence-electron chi connectivity index (χ4n) is 3.09. The second kappa shape index (κ2) is 8.40. The van der Waals surface area contributed by atoms with Crippen LogP contribution in [0, 0.1) is 12.8 Å². The first-order valence-corrected chi connectivity index (χ1v) is 9.82. The highest BCUT2D eigenvalue weighted by molar-refractivity contribution is 7.99. The van der Waals surface area contributed by atoms with E-state index in [1.807, 2.05) is 29.2 Å². The summed E-state index contributed by atoms with van der Waals surface area (Å²) in [4.78, 5) is 28.1. The molecule has 1 N–H and O–H groups in total. The molecule has 2 heterocycles. The molecule has 0 bridgehead atoms. The number of aromatic nitrogens is 1. The van der Waals surface area contributed by atoms with Gasteiger partial charge in [0.2, 0.25) is 5.91 Å². The van der Waals surface area contributed by atoms with Crippen LogP contribution in [0.2, 0.25) is 0 Å².